The van der Waals surface area contributed by atoms with Gasteiger partial charge >= 0.3 is 6.03 Å². The molecule has 0 aromatic heterocycles. The number of carbonyl (C=O) groups excluding carboxylic acids is 2. The first kappa shape index (κ1) is 18.9. The maximum atomic E-state index is 13.0. The van der Waals surface area contributed by atoms with E-state index in [9.17, 15) is 14.0 Å². The van der Waals surface area contributed by atoms with Crippen LogP contribution in [0.1, 0.15) is 30.4 Å². The zero-order valence-electron chi connectivity index (χ0n) is 15.5. The van der Waals surface area contributed by atoms with E-state index in [-0.39, 0.29) is 17.8 Å². The van der Waals surface area contributed by atoms with Gasteiger partial charge in [0.15, 0.2) is 0 Å². The van der Waals surface area contributed by atoms with Gasteiger partial charge in [-0.3, -0.25) is 4.79 Å². The van der Waals surface area contributed by atoms with Crippen molar-refractivity contribution in [1.82, 2.24) is 9.80 Å². The lowest BCUT2D eigenvalue weighted by molar-refractivity contribution is -0.133. The molecule has 1 heterocycles. The standard InChI is InChI=1S/C21H24FN3O2/c1-24(14-16-8-10-18(22)11-9-16)21(27)23-19-6-4-5-17(13-19)15-25-12-3-2-7-20(25)26/h4-6,8-11,13H,2-3,7,12,14-15H2,1H3,(H,23,27). The molecule has 27 heavy (non-hydrogen) atoms. The number of nitrogens with zero attached hydrogens (tertiary/aromatic N) is 2. The number of nitrogens with one attached hydrogen (secondary N) is 1. The van der Waals surface area contributed by atoms with Crippen LogP contribution in [0, 0.1) is 5.82 Å². The molecule has 0 bridgehead atoms. The van der Waals surface area contributed by atoms with E-state index in [1.165, 1.54) is 17.0 Å². The summed E-state index contributed by atoms with van der Waals surface area (Å²) in [5.74, 6) is -0.107. The van der Waals surface area contributed by atoms with Gasteiger partial charge in [-0.05, 0) is 48.2 Å². The maximum absolute atomic E-state index is 13.0. The highest BCUT2D eigenvalue weighted by Gasteiger charge is 2.18. The van der Waals surface area contributed by atoms with Gasteiger partial charge in [0.2, 0.25) is 5.91 Å². The Labute approximate surface area is 158 Å². The molecule has 1 aliphatic heterocycles. The quantitative estimate of drug-likeness (QED) is 0.866. The molecule has 3 rings (SSSR count). The second-order valence-corrected chi connectivity index (χ2v) is 6.89. The summed E-state index contributed by atoms with van der Waals surface area (Å²) in [5, 5.41) is 2.87. The van der Waals surface area contributed by atoms with Gasteiger partial charge in [0.05, 0.1) is 0 Å². The first-order valence-electron chi connectivity index (χ1n) is 9.14. The largest absolute Gasteiger partial charge is 0.338 e. The summed E-state index contributed by atoms with van der Waals surface area (Å²) in [4.78, 5) is 27.8. The lowest BCUT2D eigenvalue weighted by Crippen LogP contribution is -2.34. The third kappa shape index (κ3) is 5.29. The number of carbonyl (C=O) groups is 2. The average molecular weight is 369 g/mol. The Balaban J connectivity index is 1.58. The first-order chi connectivity index (χ1) is 13.0. The Bertz CT molecular complexity index is 807. The van der Waals surface area contributed by atoms with Gasteiger partial charge in [-0.2, -0.15) is 0 Å². The number of likely N-dealkylation sites (tertiary alicyclic amines) is 1. The monoisotopic (exact) mass is 369 g/mol. The van der Waals surface area contributed by atoms with E-state index in [1.54, 1.807) is 19.2 Å². The number of urea groups is 1. The molecular formula is C21H24FN3O2. The van der Waals surface area contributed by atoms with Gasteiger partial charge in [-0.15, -0.1) is 0 Å². The minimum Gasteiger partial charge on any atom is -0.338 e. The second kappa shape index (κ2) is 8.66. The van der Waals surface area contributed by atoms with Crippen LogP contribution in [-0.4, -0.2) is 35.3 Å². The van der Waals surface area contributed by atoms with Crippen LogP contribution in [-0.2, 0) is 17.9 Å². The first-order valence-corrected chi connectivity index (χ1v) is 9.14. The number of rotatable bonds is 5. The van der Waals surface area contributed by atoms with Gasteiger partial charge in [0.25, 0.3) is 0 Å². The van der Waals surface area contributed by atoms with Gasteiger partial charge in [0.1, 0.15) is 5.82 Å². The molecule has 1 N–H and O–H groups in total. The number of hydrogen-bond acceptors (Lipinski definition) is 2. The Hall–Kier alpha value is -2.89. The summed E-state index contributed by atoms with van der Waals surface area (Å²) in [6.45, 7) is 1.73. The van der Waals surface area contributed by atoms with E-state index in [0.29, 0.717) is 25.2 Å². The van der Waals surface area contributed by atoms with E-state index in [1.807, 2.05) is 29.2 Å². The van der Waals surface area contributed by atoms with Gasteiger partial charge in [-0.25, -0.2) is 9.18 Å². The Morgan fingerprint density at radius 3 is 2.67 bits per heavy atom. The van der Waals surface area contributed by atoms with Crippen LogP contribution in [0.4, 0.5) is 14.9 Å². The highest BCUT2D eigenvalue weighted by Crippen LogP contribution is 2.17. The third-order valence-corrected chi connectivity index (χ3v) is 4.65. The highest BCUT2D eigenvalue weighted by molar-refractivity contribution is 5.89. The molecule has 0 atom stereocenters. The van der Waals surface area contributed by atoms with Crippen molar-refractivity contribution in [2.75, 3.05) is 18.9 Å². The normalized spacial score (nSPS) is 14.1. The van der Waals surface area contributed by atoms with Crippen molar-refractivity contribution in [3.63, 3.8) is 0 Å². The number of hydrogen-bond donors (Lipinski definition) is 1. The number of benzene rings is 2. The van der Waals surface area contributed by atoms with Gasteiger partial charge < -0.3 is 15.1 Å². The van der Waals surface area contributed by atoms with Crippen molar-refractivity contribution in [3.05, 3.63) is 65.5 Å². The van der Waals surface area contributed by atoms with Crippen LogP contribution < -0.4 is 5.32 Å². The fraction of sp³-hybridized carbons (Fsp3) is 0.333. The molecule has 5 nitrogen and oxygen atoms in total. The summed E-state index contributed by atoms with van der Waals surface area (Å²) in [6, 6.07) is 13.4. The molecule has 3 amide bonds. The molecule has 142 valence electrons. The molecule has 0 saturated carbocycles. The average Bonchev–Trinajstić information content (AvgIpc) is 2.66. The smallest absolute Gasteiger partial charge is 0.321 e. The molecule has 1 aliphatic rings. The SMILES string of the molecule is CN(Cc1ccc(F)cc1)C(=O)Nc1cccc(CN2CCCCC2=O)c1. The molecular weight excluding hydrogens is 345 g/mol. The van der Waals surface area contributed by atoms with Gasteiger partial charge in [0, 0.05) is 38.8 Å². The zero-order valence-corrected chi connectivity index (χ0v) is 15.5. The predicted octanol–water partition coefficient (Wildman–Crippen LogP) is 4.00. The van der Waals surface area contributed by atoms with Gasteiger partial charge in [-0.1, -0.05) is 24.3 Å². The van der Waals surface area contributed by atoms with Crippen LogP contribution in [0.2, 0.25) is 0 Å². The number of anilines is 1. The highest BCUT2D eigenvalue weighted by atomic mass is 19.1. The summed E-state index contributed by atoms with van der Waals surface area (Å²) in [7, 11) is 1.69. The van der Waals surface area contributed by atoms with Crippen molar-refractivity contribution in [3.8, 4) is 0 Å². The Morgan fingerprint density at radius 2 is 1.93 bits per heavy atom. The third-order valence-electron chi connectivity index (χ3n) is 4.65. The predicted molar refractivity (Wildman–Crippen MR) is 103 cm³/mol. The molecule has 2 aromatic carbocycles. The van der Waals surface area contributed by atoms with E-state index < -0.39 is 0 Å². The molecule has 2 aromatic rings. The lowest BCUT2D eigenvalue weighted by Gasteiger charge is -2.27. The van der Waals surface area contributed by atoms with Crippen molar-refractivity contribution in [2.45, 2.75) is 32.4 Å². The molecule has 0 unspecified atom stereocenters. The number of halogens is 1. The Kier molecular flexibility index (Phi) is 6.06. The molecule has 1 fully saturated rings. The zero-order chi connectivity index (χ0) is 19.2. The van der Waals surface area contributed by atoms with Crippen molar-refractivity contribution in [2.24, 2.45) is 0 Å². The maximum Gasteiger partial charge on any atom is 0.321 e. The van der Waals surface area contributed by atoms with Crippen molar-refractivity contribution in [1.29, 1.82) is 0 Å². The number of piperidine rings is 1. The van der Waals surface area contributed by atoms with E-state index in [4.69, 9.17) is 0 Å². The van der Waals surface area contributed by atoms with Crippen LogP contribution >= 0.6 is 0 Å². The topological polar surface area (TPSA) is 52.7 Å². The van der Waals surface area contributed by atoms with Crippen LogP contribution in [0.15, 0.2) is 48.5 Å². The number of amides is 3. The van der Waals surface area contributed by atoms with Crippen molar-refractivity contribution < 1.29 is 14.0 Å². The molecule has 6 heteroatoms. The van der Waals surface area contributed by atoms with Crippen LogP contribution in [0.25, 0.3) is 0 Å². The van der Waals surface area contributed by atoms with Crippen LogP contribution in [0.5, 0.6) is 0 Å². The second-order valence-electron chi connectivity index (χ2n) is 6.89. The van der Waals surface area contributed by atoms with E-state index in [0.717, 1.165) is 30.5 Å². The van der Waals surface area contributed by atoms with E-state index >= 15 is 0 Å². The van der Waals surface area contributed by atoms with Crippen LogP contribution in [0.3, 0.4) is 0 Å². The summed E-state index contributed by atoms with van der Waals surface area (Å²) in [6.07, 6.45) is 2.62. The minimum atomic E-state index is -0.296. The molecule has 0 aliphatic carbocycles. The fourth-order valence-electron chi connectivity index (χ4n) is 3.15. The summed E-state index contributed by atoms with van der Waals surface area (Å²) < 4.78 is 13.0. The fourth-order valence-corrected chi connectivity index (χ4v) is 3.15. The lowest BCUT2D eigenvalue weighted by atomic mass is 10.1. The Morgan fingerprint density at radius 1 is 1.15 bits per heavy atom. The molecule has 0 spiro atoms. The summed E-state index contributed by atoms with van der Waals surface area (Å²) in [5.41, 5.74) is 2.53. The molecule has 1 saturated heterocycles. The van der Waals surface area contributed by atoms with E-state index in [2.05, 4.69) is 5.32 Å². The molecule has 0 radical (unpaired) electrons. The van der Waals surface area contributed by atoms with Crippen molar-refractivity contribution >= 4 is 17.6 Å². The minimum absolute atomic E-state index is 0.190. The summed E-state index contributed by atoms with van der Waals surface area (Å²) >= 11 is 0.